The van der Waals surface area contributed by atoms with Gasteiger partial charge in [-0.3, -0.25) is 4.79 Å². The quantitative estimate of drug-likeness (QED) is 0.838. The third-order valence-corrected chi connectivity index (χ3v) is 5.16. The van der Waals surface area contributed by atoms with Crippen molar-refractivity contribution in [1.82, 2.24) is 9.88 Å². The van der Waals surface area contributed by atoms with Crippen LogP contribution in [-0.4, -0.2) is 41.5 Å². The molecule has 3 heterocycles. The van der Waals surface area contributed by atoms with Gasteiger partial charge in [0, 0.05) is 37.7 Å². The lowest BCUT2D eigenvalue weighted by Gasteiger charge is -2.25. The van der Waals surface area contributed by atoms with Gasteiger partial charge in [0.05, 0.1) is 11.6 Å². The topological polar surface area (TPSA) is 36.4 Å². The summed E-state index contributed by atoms with van der Waals surface area (Å²) in [6, 6.07) is 2.69. The van der Waals surface area contributed by atoms with Crippen LogP contribution >= 0.6 is 0 Å². The molecule has 1 amide bonds. The van der Waals surface area contributed by atoms with E-state index in [-0.39, 0.29) is 17.9 Å². The van der Waals surface area contributed by atoms with E-state index in [1.54, 1.807) is 0 Å². The molecule has 3 aliphatic rings. The number of carbonyl (C=O) groups excluding carboxylic acids is 1. The van der Waals surface area contributed by atoms with Crippen molar-refractivity contribution in [3.8, 4) is 0 Å². The van der Waals surface area contributed by atoms with Crippen LogP contribution in [0.5, 0.6) is 0 Å². The van der Waals surface area contributed by atoms with Gasteiger partial charge in [-0.2, -0.15) is 13.2 Å². The number of halogens is 3. The molecule has 2 aliphatic heterocycles. The largest absolute Gasteiger partial charge is 0.417 e. The van der Waals surface area contributed by atoms with Gasteiger partial charge in [-0.05, 0) is 31.4 Å². The summed E-state index contributed by atoms with van der Waals surface area (Å²) in [5, 5.41) is 0. The van der Waals surface area contributed by atoms with Crippen molar-refractivity contribution >= 4 is 11.7 Å². The first-order valence-corrected chi connectivity index (χ1v) is 8.02. The Hall–Kier alpha value is -1.79. The first kappa shape index (κ1) is 14.8. The Balaban J connectivity index is 1.47. The summed E-state index contributed by atoms with van der Waals surface area (Å²) in [5.74, 6) is 1.44. The molecule has 0 radical (unpaired) electrons. The van der Waals surface area contributed by atoms with Gasteiger partial charge in [0.1, 0.15) is 5.82 Å². The first-order valence-electron chi connectivity index (χ1n) is 8.02. The third-order valence-electron chi connectivity index (χ3n) is 5.16. The monoisotopic (exact) mass is 325 g/mol. The number of aromatic nitrogens is 1. The van der Waals surface area contributed by atoms with E-state index >= 15 is 0 Å². The number of carbonyl (C=O) groups is 1. The van der Waals surface area contributed by atoms with Crippen LogP contribution in [0.25, 0.3) is 0 Å². The predicted molar refractivity (Wildman–Crippen MR) is 77.8 cm³/mol. The van der Waals surface area contributed by atoms with Gasteiger partial charge in [-0.1, -0.05) is 0 Å². The Labute approximate surface area is 132 Å². The Morgan fingerprint density at radius 1 is 1.17 bits per heavy atom. The normalized spacial score (nSPS) is 27.4. The van der Waals surface area contributed by atoms with E-state index in [4.69, 9.17) is 0 Å². The standard InChI is InChI=1S/C16H18F3N3O/c17-16(18,19)12-3-4-14(20-7-12)21-8-11-5-6-22(13(11)9-21)15(23)10-1-2-10/h3-4,7,10-11,13H,1-2,5-6,8-9H2. The van der Waals surface area contributed by atoms with Crippen LogP contribution in [-0.2, 0) is 11.0 Å². The molecule has 23 heavy (non-hydrogen) atoms. The van der Waals surface area contributed by atoms with Gasteiger partial charge in [-0.25, -0.2) is 4.98 Å². The minimum Gasteiger partial charge on any atom is -0.354 e. The lowest BCUT2D eigenvalue weighted by molar-refractivity contribution is -0.138. The highest BCUT2D eigenvalue weighted by atomic mass is 19.4. The van der Waals surface area contributed by atoms with E-state index in [9.17, 15) is 18.0 Å². The van der Waals surface area contributed by atoms with Gasteiger partial charge < -0.3 is 9.80 Å². The number of pyridine rings is 1. The van der Waals surface area contributed by atoms with Crippen LogP contribution in [0.4, 0.5) is 19.0 Å². The van der Waals surface area contributed by atoms with Crippen LogP contribution in [0.2, 0.25) is 0 Å². The number of likely N-dealkylation sites (tertiary alicyclic amines) is 1. The first-order chi connectivity index (χ1) is 10.9. The molecule has 0 spiro atoms. The van der Waals surface area contributed by atoms with Crippen LogP contribution < -0.4 is 4.90 Å². The van der Waals surface area contributed by atoms with Gasteiger partial charge in [0.25, 0.3) is 0 Å². The van der Waals surface area contributed by atoms with E-state index < -0.39 is 11.7 Å². The summed E-state index contributed by atoms with van der Waals surface area (Å²) in [7, 11) is 0. The van der Waals surface area contributed by atoms with Gasteiger partial charge in [-0.15, -0.1) is 0 Å². The van der Waals surface area contributed by atoms with Crippen molar-refractivity contribution in [2.75, 3.05) is 24.5 Å². The second kappa shape index (κ2) is 5.11. The average Bonchev–Trinajstić information content (AvgIpc) is 3.16. The minimum atomic E-state index is -4.36. The second-order valence-corrected chi connectivity index (χ2v) is 6.73. The summed E-state index contributed by atoms with van der Waals surface area (Å²) in [4.78, 5) is 20.3. The second-order valence-electron chi connectivity index (χ2n) is 6.73. The summed E-state index contributed by atoms with van der Waals surface area (Å²) in [6.45, 7) is 2.25. The van der Waals surface area contributed by atoms with Crippen LogP contribution in [0.3, 0.4) is 0 Å². The van der Waals surface area contributed by atoms with Crippen molar-refractivity contribution < 1.29 is 18.0 Å². The van der Waals surface area contributed by atoms with Gasteiger partial charge in [0.2, 0.25) is 5.91 Å². The molecule has 4 nitrogen and oxygen atoms in total. The molecule has 1 aromatic heterocycles. The SMILES string of the molecule is O=C(C1CC1)N1CCC2CN(c3ccc(C(F)(F)F)cn3)CC21. The Morgan fingerprint density at radius 2 is 1.96 bits per heavy atom. The lowest BCUT2D eigenvalue weighted by atomic mass is 10.1. The van der Waals surface area contributed by atoms with Gasteiger partial charge in [0.15, 0.2) is 0 Å². The van der Waals surface area contributed by atoms with E-state index in [0.29, 0.717) is 18.3 Å². The minimum absolute atomic E-state index is 0.187. The summed E-state index contributed by atoms with van der Waals surface area (Å²) < 4.78 is 37.8. The zero-order valence-electron chi connectivity index (χ0n) is 12.6. The van der Waals surface area contributed by atoms with Crippen molar-refractivity contribution in [3.05, 3.63) is 23.9 Å². The fourth-order valence-corrected chi connectivity index (χ4v) is 3.73. The molecule has 7 heteroatoms. The predicted octanol–water partition coefficient (Wildman–Crippen LogP) is 2.55. The van der Waals surface area contributed by atoms with E-state index in [1.165, 1.54) is 6.07 Å². The molecule has 0 N–H and O–H groups in total. The number of rotatable bonds is 2. The van der Waals surface area contributed by atoms with Crippen LogP contribution in [0.15, 0.2) is 18.3 Å². The molecule has 2 saturated heterocycles. The molecular formula is C16H18F3N3O. The van der Waals surface area contributed by atoms with E-state index in [1.807, 2.05) is 9.80 Å². The number of fused-ring (bicyclic) bond motifs is 1. The molecule has 2 atom stereocenters. The van der Waals surface area contributed by atoms with Crippen molar-refractivity contribution in [2.24, 2.45) is 11.8 Å². The highest BCUT2D eigenvalue weighted by Crippen LogP contribution is 2.39. The maximum Gasteiger partial charge on any atom is 0.417 e. The Morgan fingerprint density at radius 3 is 2.57 bits per heavy atom. The number of anilines is 1. The molecular weight excluding hydrogens is 307 g/mol. The van der Waals surface area contributed by atoms with E-state index in [0.717, 1.165) is 44.6 Å². The van der Waals surface area contributed by atoms with Crippen molar-refractivity contribution in [3.63, 3.8) is 0 Å². The highest BCUT2D eigenvalue weighted by molar-refractivity contribution is 5.81. The molecule has 124 valence electrons. The molecule has 4 rings (SSSR count). The number of amides is 1. The Kier molecular flexibility index (Phi) is 3.28. The van der Waals surface area contributed by atoms with Crippen molar-refractivity contribution in [1.29, 1.82) is 0 Å². The van der Waals surface area contributed by atoms with Crippen LogP contribution in [0.1, 0.15) is 24.8 Å². The maximum absolute atomic E-state index is 12.6. The van der Waals surface area contributed by atoms with Crippen LogP contribution in [0, 0.1) is 11.8 Å². The fraction of sp³-hybridized carbons (Fsp3) is 0.625. The fourth-order valence-electron chi connectivity index (χ4n) is 3.73. The smallest absolute Gasteiger partial charge is 0.354 e. The summed E-state index contributed by atoms with van der Waals surface area (Å²) in [5.41, 5.74) is -0.730. The molecule has 0 aromatic carbocycles. The average molecular weight is 325 g/mol. The number of nitrogens with zero attached hydrogens (tertiary/aromatic N) is 3. The molecule has 3 fully saturated rings. The third kappa shape index (κ3) is 2.66. The molecule has 1 aliphatic carbocycles. The van der Waals surface area contributed by atoms with Gasteiger partial charge >= 0.3 is 6.18 Å². The molecule has 1 saturated carbocycles. The molecule has 0 bridgehead atoms. The zero-order chi connectivity index (χ0) is 16.2. The maximum atomic E-state index is 12.6. The number of hydrogen-bond acceptors (Lipinski definition) is 3. The highest BCUT2D eigenvalue weighted by Gasteiger charge is 2.46. The number of alkyl halides is 3. The zero-order valence-corrected chi connectivity index (χ0v) is 12.6. The Bertz CT molecular complexity index is 612. The van der Waals surface area contributed by atoms with E-state index in [2.05, 4.69) is 4.98 Å². The molecule has 1 aromatic rings. The van der Waals surface area contributed by atoms with Crippen molar-refractivity contribution in [2.45, 2.75) is 31.5 Å². The molecule has 2 unspecified atom stereocenters. The summed E-state index contributed by atoms with van der Waals surface area (Å²) in [6.07, 6.45) is -0.509. The number of hydrogen-bond donors (Lipinski definition) is 0. The summed E-state index contributed by atoms with van der Waals surface area (Å²) >= 11 is 0. The lowest BCUT2D eigenvalue weighted by Crippen LogP contribution is -2.40.